The van der Waals surface area contributed by atoms with Crippen LogP contribution in [0.2, 0.25) is 0 Å². The number of carboxylic acids is 1. The van der Waals surface area contributed by atoms with E-state index in [-0.39, 0.29) is 6.42 Å². The van der Waals surface area contributed by atoms with E-state index in [0.29, 0.717) is 6.42 Å². The normalized spacial score (nSPS) is 12.5. The molecule has 0 fully saturated rings. The van der Waals surface area contributed by atoms with Crippen LogP contribution >= 0.6 is 11.6 Å². The molecule has 0 aromatic rings. The molecule has 0 aromatic carbocycles. The van der Waals surface area contributed by atoms with E-state index in [1.807, 2.05) is 6.92 Å². The van der Waals surface area contributed by atoms with Crippen LogP contribution in [0.3, 0.4) is 0 Å². The molecule has 1 atom stereocenters. The quantitative estimate of drug-likeness (QED) is 0.652. The van der Waals surface area contributed by atoms with E-state index < -0.39 is 17.1 Å². The summed E-state index contributed by atoms with van der Waals surface area (Å²) in [6.07, 6.45) is 1.17. The van der Waals surface area contributed by atoms with Crippen molar-refractivity contribution >= 4 is 22.8 Å². The third kappa shape index (κ3) is 4.79. The summed E-state index contributed by atoms with van der Waals surface area (Å²) < 4.78 is 0. The van der Waals surface area contributed by atoms with Crippen LogP contribution in [0.25, 0.3) is 0 Å². The summed E-state index contributed by atoms with van der Waals surface area (Å²) in [7, 11) is 0. The van der Waals surface area contributed by atoms with E-state index in [0.717, 1.165) is 6.42 Å². The molecule has 64 valence electrons. The van der Waals surface area contributed by atoms with Gasteiger partial charge >= 0.3 is 5.97 Å². The van der Waals surface area contributed by atoms with Crippen molar-refractivity contribution in [3.63, 3.8) is 0 Å². The van der Waals surface area contributed by atoms with Crippen LogP contribution in [-0.2, 0) is 9.59 Å². The van der Waals surface area contributed by atoms with Crippen molar-refractivity contribution in [2.45, 2.75) is 26.2 Å². The van der Waals surface area contributed by atoms with Gasteiger partial charge in [-0.1, -0.05) is 13.3 Å². The Morgan fingerprint density at radius 2 is 2.09 bits per heavy atom. The average Bonchev–Trinajstić information content (AvgIpc) is 1.86. The summed E-state index contributed by atoms with van der Waals surface area (Å²) in [6.45, 7) is 1.88. The fraction of sp³-hybridized carbons (Fsp3) is 0.714. The Kier molecular flexibility index (Phi) is 4.86. The van der Waals surface area contributed by atoms with Crippen LogP contribution in [0.4, 0.5) is 0 Å². The van der Waals surface area contributed by atoms with Gasteiger partial charge in [-0.3, -0.25) is 9.59 Å². The SMILES string of the molecule is CCCC(CC(=O)O)C(=O)Cl. The lowest BCUT2D eigenvalue weighted by Crippen LogP contribution is -2.13. The standard InChI is InChI=1S/C7H11ClO3/c1-2-3-5(7(8)11)4-6(9)10/h5H,2-4H2,1H3,(H,9,10). The molecule has 0 spiro atoms. The highest BCUT2D eigenvalue weighted by atomic mass is 35.5. The number of rotatable bonds is 5. The predicted molar refractivity (Wildman–Crippen MR) is 41.5 cm³/mol. The molecule has 0 saturated heterocycles. The Balaban J connectivity index is 3.89. The molecule has 4 heteroatoms. The molecule has 0 aromatic heterocycles. The fourth-order valence-corrected chi connectivity index (χ4v) is 1.04. The number of carboxylic acid groups (broad SMARTS) is 1. The lowest BCUT2D eigenvalue weighted by atomic mass is 10.0. The van der Waals surface area contributed by atoms with Gasteiger partial charge in [0.15, 0.2) is 0 Å². The van der Waals surface area contributed by atoms with Crippen LogP contribution in [0.15, 0.2) is 0 Å². The molecular weight excluding hydrogens is 168 g/mol. The maximum absolute atomic E-state index is 10.6. The average molecular weight is 179 g/mol. The van der Waals surface area contributed by atoms with Gasteiger partial charge in [0.05, 0.1) is 6.42 Å². The minimum Gasteiger partial charge on any atom is -0.481 e. The molecule has 0 radical (unpaired) electrons. The fourth-order valence-electron chi connectivity index (χ4n) is 0.855. The third-order valence-electron chi connectivity index (χ3n) is 1.38. The van der Waals surface area contributed by atoms with Gasteiger partial charge in [0.1, 0.15) is 0 Å². The molecular formula is C7H11ClO3. The molecule has 3 nitrogen and oxygen atoms in total. The number of carbonyl (C=O) groups excluding carboxylic acids is 1. The maximum atomic E-state index is 10.6. The zero-order chi connectivity index (χ0) is 8.85. The third-order valence-corrected chi connectivity index (χ3v) is 1.69. The minimum atomic E-state index is -0.975. The number of hydrogen-bond acceptors (Lipinski definition) is 2. The molecule has 0 amide bonds. The molecule has 0 rings (SSSR count). The van der Waals surface area contributed by atoms with Gasteiger partial charge < -0.3 is 5.11 Å². The van der Waals surface area contributed by atoms with Crippen LogP contribution < -0.4 is 0 Å². The molecule has 1 N–H and O–H groups in total. The smallest absolute Gasteiger partial charge is 0.304 e. The van der Waals surface area contributed by atoms with Gasteiger partial charge in [-0.05, 0) is 18.0 Å². The van der Waals surface area contributed by atoms with E-state index in [1.165, 1.54) is 0 Å². The Bertz CT molecular complexity index is 156. The highest BCUT2D eigenvalue weighted by molar-refractivity contribution is 6.64. The number of halogens is 1. The van der Waals surface area contributed by atoms with Gasteiger partial charge in [0.2, 0.25) is 5.24 Å². The van der Waals surface area contributed by atoms with Crippen LogP contribution in [0, 0.1) is 5.92 Å². The minimum absolute atomic E-state index is 0.157. The molecule has 1 unspecified atom stereocenters. The maximum Gasteiger partial charge on any atom is 0.304 e. The van der Waals surface area contributed by atoms with Crippen molar-refractivity contribution in [3.8, 4) is 0 Å². The Morgan fingerprint density at radius 3 is 2.36 bits per heavy atom. The van der Waals surface area contributed by atoms with E-state index in [9.17, 15) is 9.59 Å². The first-order chi connectivity index (χ1) is 5.07. The first kappa shape index (κ1) is 10.4. The van der Waals surface area contributed by atoms with Crippen LogP contribution in [-0.4, -0.2) is 16.3 Å². The monoisotopic (exact) mass is 178 g/mol. The van der Waals surface area contributed by atoms with E-state index in [1.54, 1.807) is 0 Å². The Labute approximate surface area is 70.3 Å². The van der Waals surface area contributed by atoms with Gasteiger partial charge in [-0.15, -0.1) is 0 Å². The number of carbonyl (C=O) groups is 2. The molecule has 0 heterocycles. The zero-order valence-corrected chi connectivity index (χ0v) is 7.10. The highest BCUT2D eigenvalue weighted by Crippen LogP contribution is 2.14. The van der Waals surface area contributed by atoms with Crippen molar-refractivity contribution in [1.82, 2.24) is 0 Å². The van der Waals surface area contributed by atoms with Crippen molar-refractivity contribution < 1.29 is 14.7 Å². The number of hydrogen-bond donors (Lipinski definition) is 1. The molecule has 0 saturated carbocycles. The lowest BCUT2D eigenvalue weighted by Gasteiger charge is -2.06. The van der Waals surface area contributed by atoms with Crippen molar-refractivity contribution in [3.05, 3.63) is 0 Å². The van der Waals surface area contributed by atoms with Gasteiger partial charge in [-0.2, -0.15) is 0 Å². The van der Waals surface area contributed by atoms with Crippen LogP contribution in [0.1, 0.15) is 26.2 Å². The summed E-state index contributed by atoms with van der Waals surface area (Å²) in [5.74, 6) is -1.49. The Morgan fingerprint density at radius 1 is 1.55 bits per heavy atom. The molecule has 11 heavy (non-hydrogen) atoms. The second kappa shape index (κ2) is 5.13. The number of aliphatic carboxylic acids is 1. The summed E-state index contributed by atoms with van der Waals surface area (Å²) in [6, 6.07) is 0. The van der Waals surface area contributed by atoms with E-state index >= 15 is 0 Å². The summed E-state index contributed by atoms with van der Waals surface area (Å²) >= 11 is 5.16. The second-order valence-electron chi connectivity index (χ2n) is 2.39. The van der Waals surface area contributed by atoms with Crippen molar-refractivity contribution in [2.75, 3.05) is 0 Å². The van der Waals surface area contributed by atoms with E-state index in [2.05, 4.69) is 0 Å². The van der Waals surface area contributed by atoms with Crippen molar-refractivity contribution in [2.24, 2.45) is 5.92 Å². The molecule has 0 aliphatic heterocycles. The first-order valence-electron chi connectivity index (χ1n) is 3.49. The largest absolute Gasteiger partial charge is 0.481 e. The predicted octanol–water partition coefficient (Wildman–Crippen LogP) is 1.64. The first-order valence-corrected chi connectivity index (χ1v) is 3.86. The summed E-state index contributed by atoms with van der Waals surface area (Å²) in [4.78, 5) is 20.7. The van der Waals surface area contributed by atoms with Gasteiger partial charge in [0.25, 0.3) is 0 Å². The highest BCUT2D eigenvalue weighted by Gasteiger charge is 2.18. The summed E-state index contributed by atoms with van der Waals surface area (Å²) in [5.41, 5.74) is 0. The molecule has 0 aliphatic carbocycles. The molecule has 0 aliphatic rings. The Hall–Kier alpha value is -0.570. The molecule has 0 bridgehead atoms. The van der Waals surface area contributed by atoms with E-state index in [4.69, 9.17) is 16.7 Å². The van der Waals surface area contributed by atoms with Gasteiger partial charge in [-0.25, -0.2) is 0 Å². The van der Waals surface area contributed by atoms with Gasteiger partial charge in [0, 0.05) is 5.92 Å². The lowest BCUT2D eigenvalue weighted by molar-refractivity contribution is -0.139. The van der Waals surface area contributed by atoms with Crippen LogP contribution in [0.5, 0.6) is 0 Å². The second-order valence-corrected chi connectivity index (χ2v) is 2.76. The summed E-state index contributed by atoms with van der Waals surface area (Å²) in [5, 5.41) is 7.80. The van der Waals surface area contributed by atoms with Crippen molar-refractivity contribution in [1.29, 1.82) is 0 Å². The topological polar surface area (TPSA) is 54.4 Å². The zero-order valence-electron chi connectivity index (χ0n) is 6.34.